The predicted molar refractivity (Wildman–Crippen MR) is 69.9 cm³/mol. The van der Waals surface area contributed by atoms with Gasteiger partial charge in [-0.15, -0.1) is 0 Å². The van der Waals surface area contributed by atoms with E-state index >= 15 is 0 Å². The standard InChI is InChI=1S/C10H17O.3CH3.Sn/c1-8-4-6-9(7-5-8)10(2,3)11;;;;/h4,7,9,11H,5-6H2,1-3H3;3*1H3;/t9-;;;;/m1..../s1. The Balaban J connectivity index is 2.95. The summed E-state index contributed by atoms with van der Waals surface area (Å²) in [5, 5.41) is 10.3. The zero-order chi connectivity index (χ0) is 11.9. The van der Waals surface area contributed by atoms with E-state index in [1.165, 1.54) is 12.0 Å². The van der Waals surface area contributed by atoms with Crippen molar-refractivity contribution in [3.05, 3.63) is 11.6 Å². The van der Waals surface area contributed by atoms with Crippen molar-refractivity contribution in [3.63, 3.8) is 0 Å². The molecule has 0 aromatic carbocycles. The van der Waals surface area contributed by atoms with Crippen molar-refractivity contribution < 1.29 is 5.11 Å². The van der Waals surface area contributed by atoms with Gasteiger partial charge in [-0.2, -0.15) is 0 Å². The molecule has 1 N–H and O–H groups in total. The van der Waals surface area contributed by atoms with Crippen molar-refractivity contribution >= 4 is 18.4 Å². The van der Waals surface area contributed by atoms with Gasteiger partial charge in [-0.05, 0) is 0 Å². The molecule has 0 heterocycles. The van der Waals surface area contributed by atoms with Gasteiger partial charge in [0.25, 0.3) is 0 Å². The van der Waals surface area contributed by atoms with Gasteiger partial charge in [0.2, 0.25) is 0 Å². The number of hydrogen-bond donors (Lipinski definition) is 1. The first kappa shape index (κ1) is 13.6. The fraction of sp³-hybridized carbons (Fsp3) is 0.846. The third kappa shape index (κ3) is 3.48. The molecule has 1 nitrogen and oxygen atoms in total. The minimum atomic E-state index is -1.91. The molecule has 0 saturated carbocycles. The van der Waals surface area contributed by atoms with E-state index in [4.69, 9.17) is 0 Å². The fourth-order valence-electron chi connectivity index (χ4n) is 2.76. The third-order valence-corrected chi connectivity index (χ3v) is 11.8. The van der Waals surface area contributed by atoms with E-state index in [9.17, 15) is 5.11 Å². The third-order valence-electron chi connectivity index (χ3n) is 3.77. The molecule has 0 aromatic rings. The van der Waals surface area contributed by atoms with Gasteiger partial charge in [0.05, 0.1) is 0 Å². The molecule has 0 fully saturated rings. The normalized spacial score (nSPS) is 28.9. The van der Waals surface area contributed by atoms with Gasteiger partial charge in [-0.25, -0.2) is 0 Å². The van der Waals surface area contributed by atoms with Crippen LogP contribution in [-0.4, -0.2) is 29.1 Å². The van der Waals surface area contributed by atoms with Crippen LogP contribution in [0, 0.1) is 5.92 Å². The summed E-state index contributed by atoms with van der Waals surface area (Å²) in [5.74, 6) is 0.483. The van der Waals surface area contributed by atoms with E-state index in [0.717, 1.165) is 10.4 Å². The summed E-state index contributed by atoms with van der Waals surface area (Å²) in [4.78, 5) is 7.49. The van der Waals surface area contributed by atoms with Crippen LogP contribution in [0.4, 0.5) is 0 Å². The summed E-state index contributed by atoms with van der Waals surface area (Å²) in [6.07, 6.45) is 4.64. The quantitative estimate of drug-likeness (QED) is 0.606. The first-order valence-electron chi connectivity index (χ1n) is 6.00. The molecule has 1 aliphatic carbocycles. The monoisotopic (exact) mass is 318 g/mol. The fourth-order valence-corrected chi connectivity index (χ4v) is 10.4. The maximum atomic E-state index is 10.3. The Hall–Kier alpha value is 0.499. The number of allylic oxidation sites excluding steroid dienone is 2. The molecule has 0 saturated heterocycles. The summed E-state index contributed by atoms with van der Waals surface area (Å²) in [5.41, 5.74) is 1.03. The molecule has 0 spiro atoms. The Labute approximate surface area is 98.8 Å². The molecular weight excluding hydrogens is 291 g/mol. The van der Waals surface area contributed by atoms with Gasteiger partial charge in [-0.3, -0.25) is 0 Å². The molecule has 88 valence electrons. The summed E-state index contributed by atoms with van der Waals surface area (Å²) in [6, 6.07) is 0. The summed E-state index contributed by atoms with van der Waals surface area (Å²) < 4.78 is 0.796. The second kappa shape index (κ2) is 4.40. The Morgan fingerprint density at radius 3 is 2.27 bits per heavy atom. The van der Waals surface area contributed by atoms with Crippen molar-refractivity contribution in [2.45, 2.75) is 58.0 Å². The van der Waals surface area contributed by atoms with E-state index in [1.54, 1.807) is 0 Å². The molecule has 2 heteroatoms. The Morgan fingerprint density at radius 2 is 1.87 bits per heavy atom. The molecule has 1 rings (SSSR count). The van der Waals surface area contributed by atoms with Gasteiger partial charge in [0.1, 0.15) is 0 Å². The molecule has 0 aromatic heterocycles. The van der Waals surface area contributed by atoms with Crippen molar-refractivity contribution in [1.29, 1.82) is 0 Å². The molecule has 0 radical (unpaired) electrons. The number of hydrogen-bond acceptors (Lipinski definition) is 1. The van der Waals surface area contributed by atoms with Crippen LogP contribution in [0.25, 0.3) is 0 Å². The molecule has 0 unspecified atom stereocenters. The van der Waals surface area contributed by atoms with Crippen LogP contribution in [-0.2, 0) is 0 Å². The van der Waals surface area contributed by atoms with E-state index in [2.05, 4.69) is 27.8 Å². The second-order valence-corrected chi connectivity index (χ2v) is 22.3. The van der Waals surface area contributed by atoms with Crippen LogP contribution in [0.1, 0.15) is 33.6 Å². The number of rotatable bonds is 2. The van der Waals surface area contributed by atoms with Gasteiger partial charge in [-0.1, -0.05) is 0 Å². The van der Waals surface area contributed by atoms with Crippen LogP contribution < -0.4 is 0 Å². The maximum absolute atomic E-state index is 10.3. The molecule has 0 aliphatic heterocycles. The average Bonchev–Trinajstić information content (AvgIpc) is 2.00. The van der Waals surface area contributed by atoms with E-state index in [1.807, 2.05) is 13.8 Å². The van der Waals surface area contributed by atoms with Gasteiger partial charge < -0.3 is 0 Å². The van der Waals surface area contributed by atoms with Crippen molar-refractivity contribution in [1.82, 2.24) is 0 Å². The Kier molecular flexibility index (Phi) is 3.98. The van der Waals surface area contributed by atoms with E-state index < -0.39 is 24.0 Å². The molecule has 0 bridgehead atoms. The average molecular weight is 317 g/mol. The van der Waals surface area contributed by atoms with E-state index in [-0.39, 0.29) is 0 Å². The summed E-state index contributed by atoms with van der Waals surface area (Å²) >= 11 is -1.91. The Bertz CT molecular complexity index is 255. The molecule has 1 aliphatic rings. The van der Waals surface area contributed by atoms with Crippen LogP contribution in [0.3, 0.4) is 0 Å². The SMILES string of the molecule is CC1=CC[C@@H](C(C)(C)O)[C@H]([Sn]([CH3])([CH3])[CH3])C1. The van der Waals surface area contributed by atoms with Crippen LogP contribution in [0.5, 0.6) is 0 Å². The summed E-state index contributed by atoms with van der Waals surface area (Å²) in [7, 11) is 0. The van der Waals surface area contributed by atoms with E-state index in [0.29, 0.717) is 5.92 Å². The van der Waals surface area contributed by atoms with Gasteiger partial charge in [0.15, 0.2) is 0 Å². The topological polar surface area (TPSA) is 20.2 Å². The minimum absolute atomic E-state index is 0.483. The second-order valence-electron chi connectivity index (χ2n) is 6.72. The van der Waals surface area contributed by atoms with Gasteiger partial charge in [0, 0.05) is 0 Å². The zero-order valence-electron chi connectivity index (χ0n) is 11.1. The molecule has 2 atom stereocenters. The molecule has 15 heavy (non-hydrogen) atoms. The van der Waals surface area contributed by atoms with Gasteiger partial charge >= 0.3 is 99.0 Å². The zero-order valence-corrected chi connectivity index (χ0v) is 13.9. The first-order valence-corrected chi connectivity index (χ1v) is 16.2. The van der Waals surface area contributed by atoms with Crippen molar-refractivity contribution in [3.8, 4) is 0 Å². The summed E-state index contributed by atoms with van der Waals surface area (Å²) in [6.45, 7) is 6.21. The molecule has 0 amide bonds. The molecular formula is C13H26OSn. The Morgan fingerprint density at radius 1 is 1.33 bits per heavy atom. The van der Waals surface area contributed by atoms with Crippen LogP contribution >= 0.6 is 0 Å². The number of aliphatic hydroxyl groups is 1. The van der Waals surface area contributed by atoms with Crippen molar-refractivity contribution in [2.75, 3.05) is 0 Å². The van der Waals surface area contributed by atoms with Crippen LogP contribution in [0.15, 0.2) is 11.6 Å². The van der Waals surface area contributed by atoms with Crippen LogP contribution in [0.2, 0.25) is 18.8 Å². The van der Waals surface area contributed by atoms with Crippen molar-refractivity contribution in [2.24, 2.45) is 5.92 Å². The predicted octanol–water partition coefficient (Wildman–Crippen LogP) is 3.82. The first-order chi connectivity index (χ1) is 6.62.